The standard InChI is InChI=1S/C20H28O6/c1-6-10(2)17(22)25-16-15-11(3)18(23)26-20(15,24)9-13-7-8-14(21)12(4)19(13,16)5/h6,12-14,16,21,24H,7-9H2,1-5H3. The molecule has 2 aliphatic carbocycles. The van der Waals surface area contributed by atoms with Gasteiger partial charge in [-0.25, -0.2) is 9.59 Å². The van der Waals surface area contributed by atoms with E-state index in [0.29, 0.717) is 24.0 Å². The highest BCUT2D eigenvalue weighted by molar-refractivity contribution is 5.93. The summed E-state index contributed by atoms with van der Waals surface area (Å²) in [6.07, 6.45) is 1.85. The number of hydrogen-bond donors (Lipinski definition) is 2. The van der Waals surface area contributed by atoms with Gasteiger partial charge in [-0.3, -0.25) is 0 Å². The lowest BCUT2D eigenvalue weighted by Gasteiger charge is -2.57. The smallest absolute Gasteiger partial charge is 0.336 e. The number of carbonyl (C=O) groups excluding carboxylic acids is 2. The number of fused-ring (bicyclic) bond motifs is 2. The van der Waals surface area contributed by atoms with E-state index in [1.807, 2.05) is 13.8 Å². The Morgan fingerprint density at radius 1 is 1.38 bits per heavy atom. The normalized spacial score (nSPS) is 42.9. The second kappa shape index (κ2) is 6.20. The molecular formula is C20H28O6. The molecule has 6 atom stereocenters. The minimum Gasteiger partial charge on any atom is -0.454 e. The van der Waals surface area contributed by atoms with Crippen LogP contribution in [0.1, 0.15) is 53.9 Å². The van der Waals surface area contributed by atoms with Crippen LogP contribution in [-0.4, -0.2) is 40.1 Å². The van der Waals surface area contributed by atoms with Gasteiger partial charge in [0.1, 0.15) is 6.10 Å². The summed E-state index contributed by atoms with van der Waals surface area (Å²) in [7, 11) is 0. The van der Waals surface area contributed by atoms with Crippen molar-refractivity contribution in [3.63, 3.8) is 0 Å². The Morgan fingerprint density at radius 2 is 2.04 bits per heavy atom. The van der Waals surface area contributed by atoms with Crippen molar-refractivity contribution in [3.8, 4) is 0 Å². The number of aliphatic hydroxyl groups excluding tert-OH is 1. The van der Waals surface area contributed by atoms with E-state index >= 15 is 0 Å². The summed E-state index contributed by atoms with van der Waals surface area (Å²) in [5, 5.41) is 21.6. The molecule has 0 amide bonds. The molecular weight excluding hydrogens is 336 g/mol. The Labute approximate surface area is 153 Å². The largest absolute Gasteiger partial charge is 0.454 e. The van der Waals surface area contributed by atoms with Crippen LogP contribution >= 0.6 is 0 Å². The molecule has 1 heterocycles. The average molecular weight is 364 g/mol. The van der Waals surface area contributed by atoms with E-state index in [9.17, 15) is 19.8 Å². The SMILES string of the molecule is CC=C(C)C(=O)OC1C2=C(C)C(=O)OC2(O)CC2CCC(O)C(C)C21C. The van der Waals surface area contributed by atoms with Gasteiger partial charge >= 0.3 is 11.9 Å². The fourth-order valence-electron chi connectivity index (χ4n) is 4.88. The van der Waals surface area contributed by atoms with Gasteiger partial charge in [0, 0.05) is 23.0 Å². The second-order valence-corrected chi connectivity index (χ2v) is 8.17. The molecule has 3 rings (SSSR count). The highest BCUT2D eigenvalue weighted by atomic mass is 16.7. The lowest BCUT2D eigenvalue weighted by molar-refractivity contribution is -0.232. The molecule has 6 unspecified atom stereocenters. The van der Waals surface area contributed by atoms with Crippen LogP contribution in [0.5, 0.6) is 0 Å². The van der Waals surface area contributed by atoms with Gasteiger partial charge in [-0.15, -0.1) is 0 Å². The van der Waals surface area contributed by atoms with E-state index < -0.39 is 35.3 Å². The summed E-state index contributed by atoms with van der Waals surface area (Å²) in [6.45, 7) is 8.92. The lowest BCUT2D eigenvalue weighted by atomic mass is 9.51. The van der Waals surface area contributed by atoms with Crippen LogP contribution in [-0.2, 0) is 19.1 Å². The van der Waals surface area contributed by atoms with E-state index in [-0.39, 0.29) is 23.8 Å². The number of esters is 2. The van der Waals surface area contributed by atoms with Gasteiger partial charge in [-0.05, 0) is 45.4 Å². The first kappa shape index (κ1) is 19.1. The van der Waals surface area contributed by atoms with Crippen LogP contribution in [0, 0.1) is 17.3 Å². The van der Waals surface area contributed by atoms with Crippen LogP contribution < -0.4 is 0 Å². The van der Waals surface area contributed by atoms with Crippen molar-refractivity contribution in [1.82, 2.24) is 0 Å². The van der Waals surface area contributed by atoms with Gasteiger partial charge in [0.25, 0.3) is 0 Å². The number of ether oxygens (including phenoxy) is 2. The number of carbonyl (C=O) groups is 2. The summed E-state index contributed by atoms with van der Waals surface area (Å²) < 4.78 is 11.2. The maximum absolute atomic E-state index is 12.5. The third-order valence-electron chi connectivity index (χ3n) is 6.97. The maximum Gasteiger partial charge on any atom is 0.336 e. The minimum atomic E-state index is -1.73. The molecule has 0 aromatic rings. The second-order valence-electron chi connectivity index (χ2n) is 8.17. The molecule has 2 saturated carbocycles. The zero-order valence-corrected chi connectivity index (χ0v) is 16.0. The number of rotatable bonds is 2. The molecule has 0 aromatic carbocycles. The molecule has 2 fully saturated rings. The Hall–Kier alpha value is -1.66. The number of aliphatic hydroxyl groups is 2. The minimum absolute atomic E-state index is 0.0444. The fraction of sp³-hybridized carbons (Fsp3) is 0.700. The van der Waals surface area contributed by atoms with Crippen molar-refractivity contribution in [3.05, 3.63) is 22.8 Å². The number of allylic oxidation sites excluding steroid dienone is 1. The first-order chi connectivity index (χ1) is 12.1. The molecule has 6 nitrogen and oxygen atoms in total. The van der Waals surface area contributed by atoms with Crippen LogP contribution in [0.4, 0.5) is 0 Å². The first-order valence-corrected chi connectivity index (χ1v) is 9.25. The van der Waals surface area contributed by atoms with Crippen molar-refractivity contribution in [2.24, 2.45) is 17.3 Å². The topological polar surface area (TPSA) is 93.1 Å². The molecule has 0 bridgehead atoms. The van der Waals surface area contributed by atoms with Gasteiger partial charge < -0.3 is 19.7 Å². The molecule has 0 saturated heterocycles. The summed E-state index contributed by atoms with van der Waals surface area (Å²) in [4.78, 5) is 24.7. The Kier molecular flexibility index (Phi) is 4.56. The molecule has 0 aromatic heterocycles. The summed E-state index contributed by atoms with van der Waals surface area (Å²) in [5.74, 6) is -3.01. The zero-order chi connectivity index (χ0) is 19.4. The lowest BCUT2D eigenvalue weighted by Crippen LogP contribution is -2.61. The van der Waals surface area contributed by atoms with E-state index in [1.54, 1.807) is 26.8 Å². The molecule has 0 spiro atoms. The highest BCUT2D eigenvalue weighted by Gasteiger charge is 2.65. The predicted octanol–water partition coefficient (Wildman–Crippen LogP) is 2.24. The van der Waals surface area contributed by atoms with Crippen LogP contribution in [0.15, 0.2) is 22.8 Å². The highest BCUT2D eigenvalue weighted by Crippen LogP contribution is 2.60. The molecule has 6 heteroatoms. The van der Waals surface area contributed by atoms with E-state index in [4.69, 9.17) is 9.47 Å². The quantitative estimate of drug-likeness (QED) is 0.577. The molecule has 26 heavy (non-hydrogen) atoms. The van der Waals surface area contributed by atoms with Gasteiger partial charge in [0.2, 0.25) is 5.79 Å². The zero-order valence-electron chi connectivity index (χ0n) is 16.0. The Morgan fingerprint density at radius 3 is 2.65 bits per heavy atom. The van der Waals surface area contributed by atoms with Crippen LogP contribution in [0.3, 0.4) is 0 Å². The van der Waals surface area contributed by atoms with Gasteiger partial charge in [0.05, 0.1) is 11.7 Å². The average Bonchev–Trinajstić information content (AvgIpc) is 2.81. The van der Waals surface area contributed by atoms with Crippen molar-refractivity contribution in [2.75, 3.05) is 0 Å². The van der Waals surface area contributed by atoms with Crippen molar-refractivity contribution in [2.45, 2.75) is 71.9 Å². The molecule has 144 valence electrons. The molecule has 1 aliphatic heterocycles. The maximum atomic E-state index is 12.5. The van der Waals surface area contributed by atoms with Crippen molar-refractivity contribution in [1.29, 1.82) is 0 Å². The third-order valence-corrected chi connectivity index (χ3v) is 6.97. The summed E-state index contributed by atoms with van der Waals surface area (Å²) >= 11 is 0. The van der Waals surface area contributed by atoms with Crippen molar-refractivity contribution >= 4 is 11.9 Å². The van der Waals surface area contributed by atoms with Crippen LogP contribution in [0.25, 0.3) is 0 Å². The first-order valence-electron chi connectivity index (χ1n) is 9.25. The molecule has 3 aliphatic rings. The summed E-state index contributed by atoms with van der Waals surface area (Å²) in [5.41, 5.74) is 0.472. The van der Waals surface area contributed by atoms with E-state index in [0.717, 1.165) is 0 Å². The molecule has 2 N–H and O–H groups in total. The fourth-order valence-corrected chi connectivity index (χ4v) is 4.88. The summed E-state index contributed by atoms with van der Waals surface area (Å²) in [6, 6.07) is 0. The van der Waals surface area contributed by atoms with Gasteiger partial charge in [-0.1, -0.05) is 19.9 Å². The van der Waals surface area contributed by atoms with Crippen LogP contribution in [0.2, 0.25) is 0 Å². The monoisotopic (exact) mass is 364 g/mol. The van der Waals surface area contributed by atoms with Gasteiger partial charge in [-0.2, -0.15) is 0 Å². The van der Waals surface area contributed by atoms with Crippen molar-refractivity contribution < 1.29 is 29.3 Å². The third kappa shape index (κ3) is 2.54. The molecule has 0 radical (unpaired) electrons. The van der Waals surface area contributed by atoms with Gasteiger partial charge in [0.15, 0.2) is 0 Å². The Balaban J connectivity index is 2.14. The van der Waals surface area contributed by atoms with E-state index in [1.165, 1.54) is 0 Å². The van der Waals surface area contributed by atoms with E-state index in [2.05, 4.69) is 0 Å². The number of hydrogen-bond acceptors (Lipinski definition) is 6. The predicted molar refractivity (Wildman–Crippen MR) is 93.7 cm³/mol. The Bertz CT molecular complexity index is 707.